The predicted octanol–water partition coefficient (Wildman–Crippen LogP) is 3.71. The molecule has 1 N–H and O–H groups in total. The largest absolute Gasteiger partial charge is 0.452 e. The van der Waals surface area contributed by atoms with Crippen LogP contribution in [-0.4, -0.2) is 31.6 Å². The Morgan fingerprint density at radius 2 is 1.79 bits per heavy atom. The van der Waals surface area contributed by atoms with Gasteiger partial charge in [0.1, 0.15) is 0 Å². The van der Waals surface area contributed by atoms with E-state index in [1.807, 2.05) is 6.07 Å². The molecule has 0 unspecified atom stereocenters. The number of ether oxygens (including phenoxy) is 2. The molecule has 0 spiro atoms. The average molecular weight is 386 g/mol. The van der Waals surface area contributed by atoms with Crippen LogP contribution in [0.4, 0.5) is 0 Å². The first-order valence-electron chi connectivity index (χ1n) is 10.5. The monoisotopic (exact) mass is 385 g/mol. The number of nitrogens with one attached hydrogen (secondary N) is 1. The fourth-order valence-corrected chi connectivity index (χ4v) is 6.31. The molecule has 1 atom stereocenters. The van der Waals surface area contributed by atoms with Crippen molar-refractivity contribution in [3.63, 3.8) is 0 Å². The van der Waals surface area contributed by atoms with Crippen molar-refractivity contribution in [2.45, 2.75) is 58.1 Å². The van der Waals surface area contributed by atoms with Crippen molar-refractivity contribution in [1.29, 1.82) is 0 Å². The van der Waals surface area contributed by atoms with Crippen molar-refractivity contribution in [1.82, 2.24) is 5.32 Å². The van der Waals surface area contributed by atoms with Gasteiger partial charge in [0.05, 0.1) is 12.2 Å². The number of carbonyl (C=O) groups is 2. The highest BCUT2D eigenvalue weighted by molar-refractivity contribution is 5.91. The van der Waals surface area contributed by atoms with Crippen LogP contribution in [0.2, 0.25) is 0 Å². The Bertz CT molecular complexity index is 709. The molecule has 5 rings (SSSR count). The summed E-state index contributed by atoms with van der Waals surface area (Å²) in [7, 11) is 1.61. The Balaban J connectivity index is 1.30. The number of benzene rings is 1. The zero-order valence-corrected chi connectivity index (χ0v) is 16.9. The molecular formula is C23H31NO4. The highest BCUT2D eigenvalue weighted by Gasteiger charge is 2.53. The third kappa shape index (κ3) is 3.95. The van der Waals surface area contributed by atoms with Crippen LogP contribution in [0, 0.1) is 23.2 Å². The maximum atomic E-state index is 12.4. The second kappa shape index (κ2) is 7.86. The van der Waals surface area contributed by atoms with Crippen LogP contribution < -0.4 is 5.32 Å². The quantitative estimate of drug-likeness (QED) is 0.727. The first kappa shape index (κ1) is 19.4. The van der Waals surface area contributed by atoms with Gasteiger partial charge in [0.2, 0.25) is 0 Å². The summed E-state index contributed by atoms with van der Waals surface area (Å²) in [6, 6.07) is 7.25. The molecule has 4 bridgehead atoms. The van der Waals surface area contributed by atoms with Gasteiger partial charge in [0.15, 0.2) is 6.61 Å². The number of carbonyl (C=O) groups excluding carboxylic acids is 2. The zero-order chi connectivity index (χ0) is 19.7. The van der Waals surface area contributed by atoms with Crippen molar-refractivity contribution in [3.05, 3.63) is 35.4 Å². The maximum Gasteiger partial charge on any atom is 0.338 e. The van der Waals surface area contributed by atoms with Crippen molar-refractivity contribution >= 4 is 11.9 Å². The van der Waals surface area contributed by atoms with Crippen LogP contribution in [0.3, 0.4) is 0 Å². The van der Waals surface area contributed by atoms with Crippen LogP contribution in [0.1, 0.15) is 61.4 Å². The third-order valence-corrected chi connectivity index (χ3v) is 7.19. The molecule has 4 aliphatic rings. The average Bonchev–Trinajstić information content (AvgIpc) is 2.65. The second-order valence-corrected chi connectivity index (χ2v) is 9.28. The lowest BCUT2D eigenvalue weighted by Gasteiger charge is -2.59. The molecule has 4 fully saturated rings. The Hall–Kier alpha value is -1.88. The summed E-state index contributed by atoms with van der Waals surface area (Å²) in [4.78, 5) is 24.7. The zero-order valence-electron chi connectivity index (χ0n) is 16.9. The second-order valence-electron chi connectivity index (χ2n) is 9.28. The number of hydrogen-bond donors (Lipinski definition) is 1. The van der Waals surface area contributed by atoms with Gasteiger partial charge in [0.25, 0.3) is 5.91 Å². The summed E-state index contributed by atoms with van der Waals surface area (Å²) < 4.78 is 10.3. The molecule has 28 heavy (non-hydrogen) atoms. The summed E-state index contributed by atoms with van der Waals surface area (Å²) >= 11 is 0. The molecule has 5 heteroatoms. The predicted molar refractivity (Wildman–Crippen MR) is 106 cm³/mol. The lowest BCUT2D eigenvalue weighted by molar-refractivity contribution is -0.128. The lowest BCUT2D eigenvalue weighted by atomic mass is 9.48. The number of methoxy groups -OCH3 is 1. The van der Waals surface area contributed by atoms with E-state index in [0.29, 0.717) is 12.2 Å². The molecule has 0 heterocycles. The van der Waals surface area contributed by atoms with E-state index in [0.717, 1.165) is 23.3 Å². The Morgan fingerprint density at radius 1 is 1.14 bits per heavy atom. The normalized spacial score (nSPS) is 31.4. The van der Waals surface area contributed by atoms with E-state index in [2.05, 4.69) is 12.2 Å². The summed E-state index contributed by atoms with van der Waals surface area (Å²) in [5, 5.41) is 3.14. The van der Waals surface area contributed by atoms with E-state index in [1.165, 1.54) is 38.5 Å². The number of amides is 1. The highest BCUT2D eigenvalue weighted by atomic mass is 16.5. The van der Waals surface area contributed by atoms with Crippen molar-refractivity contribution in [3.8, 4) is 0 Å². The first-order chi connectivity index (χ1) is 13.5. The van der Waals surface area contributed by atoms with Crippen molar-refractivity contribution < 1.29 is 19.1 Å². The fourth-order valence-electron chi connectivity index (χ4n) is 6.31. The minimum atomic E-state index is -0.476. The van der Waals surface area contributed by atoms with Gasteiger partial charge in [-0.25, -0.2) is 4.79 Å². The van der Waals surface area contributed by atoms with Crippen LogP contribution >= 0.6 is 0 Å². The van der Waals surface area contributed by atoms with Crippen LogP contribution in [0.15, 0.2) is 24.3 Å². The van der Waals surface area contributed by atoms with Crippen LogP contribution in [-0.2, 0) is 20.9 Å². The molecule has 4 saturated carbocycles. The molecular weight excluding hydrogens is 354 g/mol. The molecule has 0 aromatic heterocycles. The van der Waals surface area contributed by atoms with Gasteiger partial charge in [-0.3, -0.25) is 4.79 Å². The van der Waals surface area contributed by atoms with Crippen LogP contribution in [0.25, 0.3) is 0 Å². The summed E-state index contributed by atoms with van der Waals surface area (Å²) in [6.45, 7) is 2.34. The fraction of sp³-hybridized carbons (Fsp3) is 0.652. The molecule has 0 radical (unpaired) electrons. The van der Waals surface area contributed by atoms with Crippen molar-refractivity contribution in [2.75, 3.05) is 13.7 Å². The van der Waals surface area contributed by atoms with E-state index in [1.54, 1.807) is 25.3 Å². The number of rotatable bonds is 7. The third-order valence-electron chi connectivity index (χ3n) is 7.19. The van der Waals surface area contributed by atoms with Gasteiger partial charge in [-0.1, -0.05) is 12.1 Å². The van der Waals surface area contributed by atoms with E-state index in [4.69, 9.17) is 9.47 Å². The molecule has 0 saturated heterocycles. The maximum absolute atomic E-state index is 12.4. The van der Waals surface area contributed by atoms with E-state index in [9.17, 15) is 9.59 Å². The number of hydrogen-bond acceptors (Lipinski definition) is 4. The summed E-state index contributed by atoms with van der Waals surface area (Å²) in [5.74, 6) is 1.87. The molecule has 5 nitrogen and oxygen atoms in total. The lowest BCUT2D eigenvalue weighted by Crippen LogP contribution is -2.56. The Labute approximate surface area is 167 Å². The minimum absolute atomic E-state index is 0.136. The molecule has 1 aromatic carbocycles. The Morgan fingerprint density at radius 3 is 2.39 bits per heavy atom. The van der Waals surface area contributed by atoms with E-state index in [-0.39, 0.29) is 24.0 Å². The smallest absolute Gasteiger partial charge is 0.338 e. The SMILES string of the molecule is COCc1cccc(C(=O)OCC(=O)N[C@H](C)C23CC4CC(CC(C4)C2)C3)c1. The standard InChI is InChI=1S/C23H31NO4/c1-15(23-10-17-6-18(11-23)8-19(7-17)12-23)24-21(25)14-28-22(26)20-5-3-4-16(9-20)13-27-2/h3-5,9,15,17-19H,6-8,10-14H2,1-2H3,(H,24,25)/t15-,17?,18?,19?,23?/m1/s1. The first-order valence-corrected chi connectivity index (χ1v) is 10.5. The molecule has 4 aliphatic carbocycles. The number of esters is 1. The van der Waals surface area contributed by atoms with Gasteiger partial charge in [0, 0.05) is 13.2 Å². The molecule has 0 aliphatic heterocycles. The van der Waals surface area contributed by atoms with Gasteiger partial charge in [-0.15, -0.1) is 0 Å². The van der Waals surface area contributed by atoms with Gasteiger partial charge in [-0.05, 0) is 86.3 Å². The van der Waals surface area contributed by atoms with Crippen molar-refractivity contribution in [2.24, 2.45) is 23.2 Å². The Kier molecular flexibility index (Phi) is 5.46. The van der Waals surface area contributed by atoms with E-state index < -0.39 is 5.97 Å². The highest BCUT2D eigenvalue weighted by Crippen LogP contribution is 2.61. The van der Waals surface area contributed by atoms with Crippen LogP contribution in [0.5, 0.6) is 0 Å². The molecule has 1 aromatic rings. The van der Waals surface area contributed by atoms with Gasteiger partial charge < -0.3 is 14.8 Å². The van der Waals surface area contributed by atoms with E-state index >= 15 is 0 Å². The molecule has 1 amide bonds. The topological polar surface area (TPSA) is 64.6 Å². The minimum Gasteiger partial charge on any atom is -0.452 e. The summed E-state index contributed by atoms with van der Waals surface area (Å²) in [6.07, 6.45) is 7.89. The van der Waals surface area contributed by atoms with Gasteiger partial charge in [-0.2, -0.15) is 0 Å². The molecule has 152 valence electrons. The summed E-state index contributed by atoms with van der Waals surface area (Å²) in [5.41, 5.74) is 1.59. The van der Waals surface area contributed by atoms with Gasteiger partial charge >= 0.3 is 5.97 Å².